The monoisotopic (exact) mass is 361 g/mol. The Balaban J connectivity index is 1.65. The zero-order valence-corrected chi connectivity index (χ0v) is 14.8. The summed E-state index contributed by atoms with van der Waals surface area (Å²) in [6, 6.07) is 20.0. The number of aromatic nitrogens is 1. The van der Waals surface area contributed by atoms with E-state index >= 15 is 0 Å². The highest BCUT2D eigenvalue weighted by molar-refractivity contribution is 5.96. The third-order valence-corrected chi connectivity index (χ3v) is 3.90. The van der Waals surface area contributed by atoms with Gasteiger partial charge in [-0.1, -0.05) is 42.5 Å². The van der Waals surface area contributed by atoms with E-state index in [1.54, 1.807) is 36.5 Å². The van der Waals surface area contributed by atoms with Crippen molar-refractivity contribution >= 4 is 23.3 Å². The molecule has 0 aliphatic heterocycles. The predicted molar refractivity (Wildman–Crippen MR) is 103 cm³/mol. The lowest BCUT2D eigenvalue weighted by Gasteiger charge is -2.11. The Hall–Kier alpha value is -3.67. The van der Waals surface area contributed by atoms with Crippen LogP contribution in [0.5, 0.6) is 0 Å². The number of carbonyl (C=O) groups is 2. The number of carbonyl (C=O) groups excluding carboxylic acids is 2. The first-order chi connectivity index (χ1) is 13.2. The first-order valence-corrected chi connectivity index (χ1v) is 8.40. The van der Waals surface area contributed by atoms with Crippen molar-refractivity contribution in [3.63, 3.8) is 0 Å². The number of methoxy groups -OCH3 is 1. The van der Waals surface area contributed by atoms with E-state index in [-0.39, 0.29) is 5.91 Å². The van der Waals surface area contributed by atoms with Gasteiger partial charge in [-0.15, -0.1) is 0 Å². The maximum Gasteiger partial charge on any atom is 0.339 e. The lowest BCUT2D eigenvalue weighted by atomic mass is 10.1. The maximum absolute atomic E-state index is 12.2. The van der Waals surface area contributed by atoms with Crippen molar-refractivity contribution in [3.8, 4) is 0 Å². The van der Waals surface area contributed by atoms with Crippen molar-refractivity contribution in [2.45, 2.75) is 6.54 Å². The second-order valence-corrected chi connectivity index (χ2v) is 5.76. The quantitative estimate of drug-likeness (QED) is 0.657. The fraction of sp³-hybridized carbons (Fsp3) is 0.0952. The van der Waals surface area contributed by atoms with E-state index in [9.17, 15) is 9.59 Å². The molecule has 0 unspecified atom stereocenters. The molecule has 0 saturated carbocycles. The second kappa shape index (κ2) is 8.62. The van der Waals surface area contributed by atoms with Gasteiger partial charge >= 0.3 is 5.97 Å². The minimum atomic E-state index is -0.428. The van der Waals surface area contributed by atoms with Crippen molar-refractivity contribution in [2.24, 2.45) is 0 Å². The molecule has 0 bridgehead atoms. The number of ether oxygens (including phenoxy) is 1. The molecule has 0 atom stereocenters. The summed E-state index contributed by atoms with van der Waals surface area (Å²) in [5.41, 5.74) is 3.02. The van der Waals surface area contributed by atoms with Gasteiger partial charge in [-0.25, -0.2) is 9.78 Å². The summed E-state index contributed by atoms with van der Waals surface area (Å²) < 4.78 is 4.78. The van der Waals surface area contributed by atoms with Crippen LogP contribution in [0, 0.1) is 0 Å². The number of benzene rings is 2. The summed E-state index contributed by atoms with van der Waals surface area (Å²) in [6.45, 7) is 0.438. The molecule has 1 amide bonds. The summed E-state index contributed by atoms with van der Waals surface area (Å²) >= 11 is 0. The molecule has 0 spiro atoms. The highest BCUT2D eigenvalue weighted by Gasteiger charge is 2.12. The van der Waals surface area contributed by atoms with Crippen LogP contribution in [-0.2, 0) is 11.3 Å². The molecule has 3 aromatic rings. The van der Waals surface area contributed by atoms with Crippen LogP contribution in [0.2, 0.25) is 0 Å². The van der Waals surface area contributed by atoms with Gasteiger partial charge < -0.3 is 15.4 Å². The highest BCUT2D eigenvalue weighted by Crippen LogP contribution is 2.21. The zero-order chi connectivity index (χ0) is 19.1. The molecule has 1 aromatic heterocycles. The smallest absolute Gasteiger partial charge is 0.339 e. The Labute approximate surface area is 157 Å². The number of esters is 1. The molecule has 1 heterocycles. The number of pyridine rings is 1. The van der Waals surface area contributed by atoms with Gasteiger partial charge in [0, 0.05) is 6.54 Å². The van der Waals surface area contributed by atoms with Crippen LogP contribution >= 0.6 is 0 Å². The number of anilines is 2. The standard InChI is InChI=1S/C21H19N3O3/c1-27-21(26)17-9-5-6-10-18(17)24-16-11-12-19(22-14-16)20(25)23-13-15-7-3-2-4-8-15/h2-12,14,24H,13H2,1H3,(H,23,25). The van der Waals surface area contributed by atoms with E-state index < -0.39 is 5.97 Å². The number of hydrogen-bond acceptors (Lipinski definition) is 5. The highest BCUT2D eigenvalue weighted by atomic mass is 16.5. The lowest BCUT2D eigenvalue weighted by molar-refractivity contribution is 0.0601. The van der Waals surface area contributed by atoms with Gasteiger partial charge in [0.15, 0.2) is 0 Å². The van der Waals surface area contributed by atoms with Crippen LogP contribution in [0.15, 0.2) is 72.9 Å². The van der Waals surface area contributed by atoms with Gasteiger partial charge in [0.05, 0.1) is 30.2 Å². The minimum absolute atomic E-state index is 0.250. The van der Waals surface area contributed by atoms with Crippen LogP contribution < -0.4 is 10.6 Å². The van der Waals surface area contributed by atoms with Gasteiger partial charge in [0.1, 0.15) is 5.69 Å². The summed E-state index contributed by atoms with van der Waals surface area (Å²) in [7, 11) is 1.34. The minimum Gasteiger partial charge on any atom is -0.465 e. The van der Waals surface area contributed by atoms with Crippen molar-refractivity contribution in [3.05, 3.63) is 89.7 Å². The molecule has 2 aromatic carbocycles. The van der Waals surface area contributed by atoms with Crippen LogP contribution in [0.25, 0.3) is 0 Å². The van der Waals surface area contributed by atoms with Crippen molar-refractivity contribution in [1.82, 2.24) is 10.3 Å². The normalized spacial score (nSPS) is 10.1. The Kier molecular flexibility index (Phi) is 5.79. The average molecular weight is 361 g/mol. The molecule has 0 aliphatic rings. The summed E-state index contributed by atoms with van der Waals surface area (Å²) in [5.74, 6) is -0.677. The Morgan fingerprint density at radius 1 is 0.963 bits per heavy atom. The molecule has 0 fully saturated rings. The number of amides is 1. The summed E-state index contributed by atoms with van der Waals surface area (Å²) in [5, 5.41) is 5.95. The lowest BCUT2D eigenvalue weighted by Crippen LogP contribution is -2.23. The predicted octanol–water partition coefficient (Wildman–Crippen LogP) is 3.54. The van der Waals surface area contributed by atoms with Crippen molar-refractivity contribution in [2.75, 3.05) is 12.4 Å². The average Bonchev–Trinajstić information content (AvgIpc) is 2.73. The molecule has 0 radical (unpaired) electrons. The van der Waals surface area contributed by atoms with E-state index in [4.69, 9.17) is 4.74 Å². The number of para-hydroxylation sites is 1. The number of hydrogen-bond donors (Lipinski definition) is 2. The fourth-order valence-electron chi connectivity index (χ4n) is 2.51. The van der Waals surface area contributed by atoms with Gasteiger partial charge in [0.25, 0.3) is 5.91 Å². The van der Waals surface area contributed by atoms with E-state index in [0.717, 1.165) is 5.56 Å². The number of nitrogens with zero attached hydrogens (tertiary/aromatic N) is 1. The van der Waals surface area contributed by atoms with E-state index in [1.807, 2.05) is 36.4 Å². The Morgan fingerprint density at radius 3 is 2.41 bits per heavy atom. The third-order valence-electron chi connectivity index (χ3n) is 3.90. The van der Waals surface area contributed by atoms with Crippen LogP contribution in [-0.4, -0.2) is 24.0 Å². The summed E-state index contributed by atoms with van der Waals surface area (Å²) in [6.07, 6.45) is 1.55. The number of nitrogens with one attached hydrogen (secondary N) is 2. The molecule has 136 valence electrons. The fourth-order valence-corrected chi connectivity index (χ4v) is 2.51. The molecule has 3 rings (SSSR count). The van der Waals surface area contributed by atoms with Crippen LogP contribution in [0.1, 0.15) is 26.4 Å². The van der Waals surface area contributed by atoms with Gasteiger partial charge in [-0.3, -0.25) is 4.79 Å². The Bertz CT molecular complexity index is 925. The molecule has 2 N–H and O–H groups in total. The molecule has 6 nitrogen and oxygen atoms in total. The van der Waals surface area contributed by atoms with E-state index in [2.05, 4.69) is 15.6 Å². The molecular formula is C21H19N3O3. The SMILES string of the molecule is COC(=O)c1ccccc1Nc1ccc(C(=O)NCc2ccccc2)nc1. The zero-order valence-electron chi connectivity index (χ0n) is 14.8. The first kappa shape index (κ1) is 18.1. The van der Waals surface area contributed by atoms with Gasteiger partial charge in [-0.05, 0) is 29.8 Å². The second-order valence-electron chi connectivity index (χ2n) is 5.76. The molecule has 27 heavy (non-hydrogen) atoms. The molecule has 0 saturated heterocycles. The summed E-state index contributed by atoms with van der Waals surface area (Å²) in [4.78, 5) is 28.2. The van der Waals surface area contributed by atoms with Crippen LogP contribution in [0.4, 0.5) is 11.4 Å². The first-order valence-electron chi connectivity index (χ1n) is 8.40. The maximum atomic E-state index is 12.2. The van der Waals surface area contributed by atoms with Gasteiger partial charge in [-0.2, -0.15) is 0 Å². The molecule has 6 heteroatoms. The van der Waals surface area contributed by atoms with Gasteiger partial charge in [0.2, 0.25) is 0 Å². The number of rotatable bonds is 6. The van der Waals surface area contributed by atoms with E-state index in [1.165, 1.54) is 7.11 Å². The third kappa shape index (κ3) is 4.70. The van der Waals surface area contributed by atoms with Crippen molar-refractivity contribution < 1.29 is 14.3 Å². The van der Waals surface area contributed by atoms with Crippen LogP contribution in [0.3, 0.4) is 0 Å². The largest absolute Gasteiger partial charge is 0.465 e. The molecular weight excluding hydrogens is 342 g/mol. The topological polar surface area (TPSA) is 80.3 Å². The van der Waals surface area contributed by atoms with E-state index in [0.29, 0.717) is 29.2 Å². The molecule has 0 aliphatic carbocycles. The Morgan fingerprint density at radius 2 is 1.70 bits per heavy atom. The van der Waals surface area contributed by atoms with Crippen molar-refractivity contribution in [1.29, 1.82) is 0 Å².